The fourth-order valence-electron chi connectivity index (χ4n) is 4.72. The van der Waals surface area contributed by atoms with Crippen LogP contribution >= 0.6 is 0 Å². The maximum atomic E-state index is 13.4. The minimum absolute atomic E-state index is 0.0329. The number of benzene rings is 1. The topological polar surface area (TPSA) is 100 Å². The van der Waals surface area contributed by atoms with Gasteiger partial charge in [-0.3, -0.25) is 14.4 Å². The molecule has 35 heavy (non-hydrogen) atoms. The Balaban J connectivity index is 0.000000203. The number of fused-ring (bicyclic) bond motifs is 2. The van der Waals surface area contributed by atoms with Crippen LogP contribution in [0.4, 0.5) is 9.18 Å². The molecule has 8 nitrogen and oxygen atoms in total. The summed E-state index contributed by atoms with van der Waals surface area (Å²) in [5.74, 6) is -0.229. The predicted octanol–water partition coefficient (Wildman–Crippen LogP) is 4.43. The first-order valence-electron chi connectivity index (χ1n) is 12.0. The Hall–Kier alpha value is -3.41. The first kappa shape index (κ1) is 26.2. The molecule has 2 aliphatic rings. The number of rotatable bonds is 4. The van der Waals surface area contributed by atoms with E-state index in [-0.39, 0.29) is 30.2 Å². The SMILES string of the molecule is CC(C)(C)OC(=O)N1[C@@H]2CCC(C2)[C@H]1C(=O)NCC#N.CCn1nccc1-c1ccc(C)c(F)c1. The lowest BCUT2D eigenvalue weighted by atomic mass is 9.98. The van der Waals surface area contributed by atoms with Gasteiger partial charge in [0.25, 0.3) is 0 Å². The van der Waals surface area contributed by atoms with Crippen LogP contribution in [0.2, 0.25) is 0 Å². The van der Waals surface area contributed by atoms with Crippen LogP contribution in [-0.4, -0.2) is 50.9 Å². The van der Waals surface area contributed by atoms with Gasteiger partial charge in [0.2, 0.25) is 5.91 Å². The van der Waals surface area contributed by atoms with Gasteiger partial charge in [-0.15, -0.1) is 0 Å². The van der Waals surface area contributed by atoms with Crippen LogP contribution in [0.5, 0.6) is 0 Å². The average molecular weight is 484 g/mol. The summed E-state index contributed by atoms with van der Waals surface area (Å²) < 4.78 is 20.6. The minimum Gasteiger partial charge on any atom is -0.444 e. The van der Waals surface area contributed by atoms with Gasteiger partial charge in [-0.2, -0.15) is 10.4 Å². The predicted molar refractivity (Wildman–Crippen MR) is 130 cm³/mol. The van der Waals surface area contributed by atoms with Crippen molar-refractivity contribution in [2.75, 3.05) is 6.54 Å². The molecule has 9 heteroatoms. The minimum atomic E-state index is -0.577. The molecule has 2 heterocycles. The molecular formula is C26H34FN5O3. The number of amides is 2. The van der Waals surface area contributed by atoms with Gasteiger partial charge >= 0.3 is 6.09 Å². The largest absolute Gasteiger partial charge is 0.444 e. The number of hydrogen-bond acceptors (Lipinski definition) is 5. The fraction of sp³-hybridized carbons (Fsp3) is 0.538. The summed E-state index contributed by atoms with van der Waals surface area (Å²) in [5, 5.41) is 15.3. The zero-order valence-electron chi connectivity index (χ0n) is 21.0. The lowest BCUT2D eigenvalue weighted by Crippen LogP contribution is -2.53. The zero-order valence-corrected chi connectivity index (χ0v) is 21.0. The van der Waals surface area contributed by atoms with E-state index in [4.69, 9.17) is 10.00 Å². The van der Waals surface area contributed by atoms with E-state index in [0.717, 1.165) is 37.1 Å². The van der Waals surface area contributed by atoms with Crippen molar-refractivity contribution in [3.8, 4) is 17.3 Å². The van der Waals surface area contributed by atoms with Crippen molar-refractivity contribution in [3.05, 3.63) is 41.8 Å². The van der Waals surface area contributed by atoms with E-state index in [0.29, 0.717) is 5.56 Å². The molecule has 1 saturated carbocycles. The first-order valence-corrected chi connectivity index (χ1v) is 12.0. The van der Waals surface area contributed by atoms with Crippen molar-refractivity contribution in [2.45, 2.75) is 78.1 Å². The van der Waals surface area contributed by atoms with E-state index in [9.17, 15) is 14.0 Å². The maximum absolute atomic E-state index is 13.4. The fourth-order valence-corrected chi connectivity index (χ4v) is 4.72. The number of carbonyl (C=O) groups is 2. The maximum Gasteiger partial charge on any atom is 0.411 e. The number of halogens is 1. The van der Waals surface area contributed by atoms with Gasteiger partial charge in [0, 0.05) is 24.3 Å². The Labute approximate surface area is 206 Å². The number of aromatic nitrogens is 2. The number of ether oxygens (including phenoxy) is 1. The van der Waals surface area contributed by atoms with Crippen LogP contribution in [0.15, 0.2) is 30.5 Å². The molecule has 1 aromatic heterocycles. The van der Waals surface area contributed by atoms with Gasteiger partial charge in [0.1, 0.15) is 24.0 Å². The van der Waals surface area contributed by atoms with Gasteiger partial charge < -0.3 is 10.1 Å². The molecule has 3 atom stereocenters. The van der Waals surface area contributed by atoms with Crippen LogP contribution in [0.1, 0.15) is 52.5 Å². The van der Waals surface area contributed by atoms with E-state index in [1.807, 2.05) is 50.6 Å². The Morgan fingerprint density at radius 1 is 1.29 bits per heavy atom. The van der Waals surface area contributed by atoms with E-state index in [2.05, 4.69) is 10.4 Å². The van der Waals surface area contributed by atoms with Gasteiger partial charge in [0.05, 0.1) is 11.8 Å². The van der Waals surface area contributed by atoms with Crippen molar-refractivity contribution < 1.29 is 18.7 Å². The lowest BCUT2D eigenvalue weighted by Gasteiger charge is -2.35. The Morgan fingerprint density at radius 2 is 2.03 bits per heavy atom. The number of carbonyl (C=O) groups excluding carboxylic acids is 2. The number of aryl methyl sites for hydroxylation is 2. The lowest BCUT2D eigenvalue weighted by molar-refractivity contribution is -0.127. The van der Waals surface area contributed by atoms with Crippen LogP contribution in [-0.2, 0) is 16.1 Å². The molecule has 4 rings (SSSR count). The Kier molecular flexibility index (Phi) is 8.15. The molecule has 0 radical (unpaired) electrons. The molecular weight excluding hydrogens is 449 g/mol. The molecule has 1 N–H and O–H groups in total. The number of nitriles is 1. The summed E-state index contributed by atoms with van der Waals surface area (Å²) >= 11 is 0. The van der Waals surface area contributed by atoms with Gasteiger partial charge in [-0.25, -0.2) is 9.18 Å². The summed E-state index contributed by atoms with van der Waals surface area (Å²) in [6.07, 6.45) is 4.03. The Bertz CT molecular complexity index is 1100. The molecule has 1 aromatic carbocycles. The number of nitrogens with zero attached hydrogens (tertiary/aromatic N) is 4. The van der Waals surface area contributed by atoms with E-state index >= 15 is 0 Å². The molecule has 2 amide bonds. The van der Waals surface area contributed by atoms with Crippen LogP contribution in [0.25, 0.3) is 11.3 Å². The van der Waals surface area contributed by atoms with Crippen LogP contribution in [0, 0.1) is 30.0 Å². The second-order valence-electron chi connectivity index (χ2n) is 9.93. The number of hydrogen-bond donors (Lipinski definition) is 1. The van der Waals surface area contributed by atoms with Crippen LogP contribution in [0.3, 0.4) is 0 Å². The molecule has 1 aliphatic heterocycles. The number of likely N-dealkylation sites (tertiary alicyclic amines) is 1. The molecule has 1 aliphatic carbocycles. The second kappa shape index (κ2) is 10.9. The summed E-state index contributed by atoms with van der Waals surface area (Å²) in [5.41, 5.74) is 1.92. The quantitative estimate of drug-likeness (QED) is 0.649. The number of nitrogens with one attached hydrogen (secondary N) is 1. The normalized spacial score (nSPS) is 20.6. The average Bonchev–Trinajstić information content (AvgIpc) is 3.54. The molecule has 1 unspecified atom stereocenters. The molecule has 0 spiro atoms. The summed E-state index contributed by atoms with van der Waals surface area (Å²) in [4.78, 5) is 26.0. The van der Waals surface area contributed by atoms with Gasteiger partial charge in [-0.05, 0) is 77.5 Å². The van der Waals surface area contributed by atoms with Crippen LogP contribution < -0.4 is 5.32 Å². The monoisotopic (exact) mass is 483 g/mol. The molecule has 2 fully saturated rings. The van der Waals surface area contributed by atoms with E-state index < -0.39 is 17.7 Å². The molecule has 2 aromatic rings. The van der Waals surface area contributed by atoms with Crippen molar-refractivity contribution in [1.82, 2.24) is 20.0 Å². The highest BCUT2D eigenvalue weighted by atomic mass is 19.1. The van der Waals surface area contributed by atoms with Crippen molar-refractivity contribution in [2.24, 2.45) is 5.92 Å². The smallest absolute Gasteiger partial charge is 0.411 e. The van der Waals surface area contributed by atoms with Gasteiger partial charge in [-0.1, -0.05) is 12.1 Å². The molecule has 2 bridgehead atoms. The molecule has 1 saturated heterocycles. The van der Waals surface area contributed by atoms with E-state index in [1.165, 1.54) is 0 Å². The van der Waals surface area contributed by atoms with Crippen molar-refractivity contribution >= 4 is 12.0 Å². The highest BCUT2D eigenvalue weighted by molar-refractivity contribution is 5.87. The first-order chi connectivity index (χ1) is 16.6. The number of piperidine rings is 1. The summed E-state index contributed by atoms with van der Waals surface area (Å²) in [7, 11) is 0. The van der Waals surface area contributed by atoms with E-state index in [1.54, 1.807) is 30.2 Å². The third-order valence-electron chi connectivity index (χ3n) is 6.28. The highest BCUT2D eigenvalue weighted by Gasteiger charge is 2.52. The standard InChI is InChI=1S/C14H21N3O3.C12H13FN2/c1-14(2,3)20-13(19)17-10-5-4-9(8-10)11(17)12(18)16-7-6-15;1-3-15-12(6-7-14-15)10-5-4-9(2)11(13)8-10/h9-11H,4-5,7-8H2,1-3H3,(H,16,18);4-8H,3H2,1-2H3/t9?,10-,11+;/m1./s1. The highest BCUT2D eigenvalue weighted by Crippen LogP contribution is 2.43. The van der Waals surface area contributed by atoms with Gasteiger partial charge in [0.15, 0.2) is 0 Å². The Morgan fingerprint density at radius 3 is 2.66 bits per heavy atom. The summed E-state index contributed by atoms with van der Waals surface area (Å²) in [6.45, 7) is 9.96. The second-order valence-corrected chi connectivity index (χ2v) is 9.93. The zero-order chi connectivity index (χ0) is 25.8. The molecule has 188 valence electrons. The van der Waals surface area contributed by atoms with Crippen molar-refractivity contribution in [3.63, 3.8) is 0 Å². The van der Waals surface area contributed by atoms with Crippen molar-refractivity contribution in [1.29, 1.82) is 5.26 Å². The summed E-state index contributed by atoms with van der Waals surface area (Å²) in [6, 6.07) is 8.64. The third-order valence-corrected chi connectivity index (χ3v) is 6.28. The third kappa shape index (κ3) is 6.18.